The van der Waals surface area contributed by atoms with Gasteiger partial charge in [-0.1, -0.05) is 19.1 Å². The van der Waals surface area contributed by atoms with Crippen molar-refractivity contribution >= 4 is 34.4 Å². The van der Waals surface area contributed by atoms with Gasteiger partial charge in [0.05, 0.1) is 0 Å². The van der Waals surface area contributed by atoms with Gasteiger partial charge < -0.3 is 10.2 Å². The molecule has 1 saturated heterocycles. The van der Waals surface area contributed by atoms with E-state index in [4.69, 9.17) is 0 Å². The van der Waals surface area contributed by atoms with E-state index in [1.807, 2.05) is 31.2 Å². The van der Waals surface area contributed by atoms with Crippen molar-refractivity contribution in [3.8, 4) is 0 Å². The van der Waals surface area contributed by atoms with E-state index < -0.39 is 11.6 Å². The third-order valence-electron chi connectivity index (χ3n) is 3.76. The highest BCUT2D eigenvalue weighted by Gasteiger charge is 2.45. The number of piperazine rings is 1. The molecule has 1 aromatic rings. The first-order valence-corrected chi connectivity index (χ1v) is 7.81. The number of carbonyl (C=O) groups excluding carboxylic acids is 2. The van der Waals surface area contributed by atoms with E-state index in [0.717, 1.165) is 9.13 Å². The second-order valence-electron chi connectivity index (χ2n) is 5.54. The molecule has 1 atom stereocenters. The van der Waals surface area contributed by atoms with E-state index in [1.54, 1.807) is 18.7 Å². The number of rotatable bonds is 3. The molecule has 1 heterocycles. The van der Waals surface area contributed by atoms with Crippen LogP contribution in [-0.2, 0) is 16.1 Å². The van der Waals surface area contributed by atoms with E-state index >= 15 is 0 Å². The average Bonchev–Trinajstić information content (AvgIpc) is 2.41. The zero-order valence-electron chi connectivity index (χ0n) is 11.9. The Hall–Kier alpha value is -1.11. The lowest BCUT2D eigenvalue weighted by Crippen LogP contribution is -2.67. The highest BCUT2D eigenvalue weighted by Crippen LogP contribution is 2.24. The molecule has 0 aliphatic carbocycles. The van der Waals surface area contributed by atoms with E-state index in [0.29, 0.717) is 13.0 Å². The average molecular weight is 386 g/mol. The Morgan fingerprint density at radius 1 is 1.25 bits per heavy atom. The monoisotopic (exact) mass is 386 g/mol. The van der Waals surface area contributed by atoms with Crippen LogP contribution >= 0.6 is 22.6 Å². The van der Waals surface area contributed by atoms with E-state index in [9.17, 15) is 9.59 Å². The normalized spacial score (nSPS) is 21.8. The van der Waals surface area contributed by atoms with Gasteiger partial charge in [0.15, 0.2) is 0 Å². The zero-order valence-corrected chi connectivity index (χ0v) is 14.1. The lowest BCUT2D eigenvalue weighted by atomic mass is 9.94. The minimum Gasteiger partial charge on any atom is -0.342 e. The fourth-order valence-electron chi connectivity index (χ4n) is 2.31. The SMILES string of the molecule is CCC1NC(=O)C(C)(C)N(Cc2ccc(I)cc2)C1=O. The molecule has 108 valence electrons. The van der Waals surface area contributed by atoms with Crippen LogP contribution in [0.2, 0.25) is 0 Å². The lowest BCUT2D eigenvalue weighted by molar-refractivity contribution is -0.156. The summed E-state index contributed by atoms with van der Waals surface area (Å²) in [6, 6.07) is 7.61. The Balaban J connectivity index is 2.27. The Morgan fingerprint density at radius 3 is 2.40 bits per heavy atom. The number of amides is 2. The molecule has 2 amide bonds. The van der Waals surface area contributed by atoms with Crippen LogP contribution in [0.15, 0.2) is 24.3 Å². The van der Waals surface area contributed by atoms with Gasteiger partial charge in [-0.2, -0.15) is 0 Å². The molecule has 0 saturated carbocycles. The highest BCUT2D eigenvalue weighted by atomic mass is 127. The predicted octanol–water partition coefficient (Wildman–Crippen LogP) is 2.31. The molecule has 0 spiro atoms. The summed E-state index contributed by atoms with van der Waals surface area (Å²) in [6.45, 7) is 5.95. The van der Waals surface area contributed by atoms with Gasteiger partial charge in [-0.05, 0) is 60.6 Å². The van der Waals surface area contributed by atoms with Gasteiger partial charge in [-0.3, -0.25) is 9.59 Å². The molecule has 4 nitrogen and oxygen atoms in total. The Kier molecular flexibility index (Phi) is 4.36. The van der Waals surface area contributed by atoms with Gasteiger partial charge >= 0.3 is 0 Å². The summed E-state index contributed by atoms with van der Waals surface area (Å²) >= 11 is 2.25. The third-order valence-corrected chi connectivity index (χ3v) is 4.48. The molecule has 1 aromatic carbocycles. The number of carbonyl (C=O) groups is 2. The minimum absolute atomic E-state index is 0.00403. The summed E-state index contributed by atoms with van der Waals surface area (Å²) < 4.78 is 1.15. The molecule has 20 heavy (non-hydrogen) atoms. The first kappa shape index (κ1) is 15.3. The number of hydrogen-bond donors (Lipinski definition) is 1. The van der Waals surface area contributed by atoms with Crippen molar-refractivity contribution in [1.82, 2.24) is 10.2 Å². The maximum absolute atomic E-state index is 12.5. The molecule has 1 unspecified atom stereocenters. The number of nitrogens with zero attached hydrogens (tertiary/aromatic N) is 1. The molecule has 0 radical (unpaired) electrons. The van der Waals surface area contributed by atoms with Crippen LogP contribution < -0.4 is 5.32 Å². The molecule has 1 N–H and O–H groups in total. The van der Waals surface area contributed by atoms with Gasteiger partial charge in [0.25, 0.3) is 0 Å². The van der Waals surface area contributed by atoms with Crippen molar-refractivity contribution in [2.75, 3.05) is 0 Å². The number of halogens is 1. The number of nitrogens with one attached hydrogen (secondary N) is 1. The van der Waals surface area contributed by atoms with Crippen molar-refractivity contribution < 1.29 is 9.59 Å². The zero-order chi connectivity index (χ0) is 14.9. The molecular formula is C15H19IN2O2. The van der Waals surface area contributed by atoms with Crippen molar-refractivity contribution in [2.24, 2.45) is 0 Å². The van der Waals surface area contributed by atoms with Crippen LogP contribution in [0, 0.1) is 3.57 Å². The van der Waals surface area contributed by atoms with Crippen molar-refractivity contribution in [3.05, 3.63) is 33.4 Å². The summed E-state index contributed by atoms with van der Waals surface area (Å²) in [5.74, 6) is -0.0925. The fourth-order valence-corrected chi connectivity index (χ4v) is 2.67. The second kappa shape index (κ2) is 5.71. The van der Waals surface area contributed by atoms with Crippen molar-refractivity contribution in [2.45, 2.75) is 45.3 Å². The van der Waals surface area contributed by atoms with Crippen LogP contribution in [0.4, 0.5) is 0 Å². The third kappa shape index (κ3) is 2.82. The van der Waals surface area contributed by atoms with Gasteiger partial charge in [0, 0.05) is 10.1 Å². The first-order valence-electron chi connectivity index (χ1n) is 6.73. The molecule has 2 rings (SSSR count). The molecule has 1 aliphatic heterocycles. The Bertz CT molecular complexity index is 525. The topological polar surface area (TPSA) is 49.4 Å². The van der Waals surface area contributed by atoms with Crippen LogP contribution in [-0.4, -0.2) is 28.3 Å². The van der Waals surface area contributed by atoms with E-state index in [2.05, 4.69) is 27.9 Å². The smallest absolute Gasteiger partial charge is 0.246 e. The lowest BCUT2D eigenvalue weighted by Gasteiger charge is -2.44. The maximum atomic E-state index is 12.5. The molecule has 1 aliphatic rings. The van der Waals surface area contributed by atoms with E-state index in [1.165, 1.54) is 0 Å². The highest BCUT2D eigenvalue weighted by molar-refractivity contribution is 14.1. The minimum atomic E-state index is -0.814. The molecule has 0 aromatic heterocycles. The van der Waals surface area contributed by atoms with Gasteiger partial charge in [0.1, 0.15) is 11.6 Å². The summed E-state index contributed by atoms with van der Waals surface area (Å²) in [4.78, 5) is 26.4. The van der Waals surface area contributed by atoms with Crippen molar-refractivity contribution in [3.63, 3.8) is 0 Å². The molecule has 1 fully saturated rings. The second-order valence-corrected chi connectivity index (χ2v) is 6.79. The van der Waals surface area contributed by atoms with Crippen LogP contribution in [0.25, 0.3) is 0 Å². The van der Waals surface area contributed by atoms with E-state index in [-0.39, 0.29) is 11.8 Å². The molecular weight excluding hydrogens is 367 g/mol. The quantitative estimate of drug-likeness (QED) is 0.811. The Labute approximate surface area is 133 Å². The number of hydrogen-bond acceptors (Lipinski definition) is 2. The largest absolute Gasteiger partial charge is 0.342 e. The summed E-state index contributed by atoms with van der Waals surface area (Å²) in [5.41, 5.74) is 0.225. The van der Waals surface area contributed by atoms with Gasteiger partial charge in [-0.25, -0.2) is 0 Å². The van der Waals surface area contributed by atoms with Crippen LogP contribution in [0.5, 0.6) is 0 Å². The summed E-state index contributed by atoms with van der Waals surface area (Å²) in [5, 5.41) is 2.80. The summed E-state index contributed by atoms with van der Waals surface area (Å²) in [6.07, 6.45) is 0.615. The fraction of sp³-hybridized carbons (Fsp3) is 0.467. The Morgan fingerprint density at radius 2 is 1.85 bits per heavy atom. The maximum Gasteiger partial charge on any atom is 0.246 e. The summed E-state index contributed by atoms with van der Waals surface area (Å²) in [7, 11) is 0. The first-order chi connectivity index (χ1) is 9.36. The van der Waals surface area contributed by atoms with Crippen LogP contribution in [0.1, 0.15) is 32.8 Å². The van der Waals surface area contributed by atoms with Crippen LogP contribution in [0.3, 0.4) is 0 Å². The van der Waals surface area contributed by atoms with Gasteiger partial charge in [0.2, 0.25) is 11.8 Å². The van der Waals surface area contributed by atoms with Gasteiger partial charge in [-0.15, -0.1) is 0 Å². The standard InChI is InChI=1S/C15H19IN2O2/c1-4-12-13(19)18(15(2,3)14(20)17-12)9-10-5-7-11(16)8-6-10/h5-8,12H,4,9H2,1-3H3,(H,17,20). The molecule has 5 heteroatoms. The van der Waals surface area contributed by atoms with Crippen molar-refractivity contribution in [1.29, 1.82) is 0 Å². The number of benzene rings is 1. The molecule has 0 bridgehead atoms. The predicted molar refractivity (Wildman–Crippen MR) is 86.0 cm³/mol.